The second-order valence-corrected chi connectivity index (χ2v) is 5.58. The Bertz CT molecular complexity index is 401. The van der Waals surface area contributed by atoms with Crippen molar-refractivity contribution in [2.24, 2.45) is 0 Å². The first-order valence-corrected chi connectivity index (χ1v) is 6.07. The van der Waals surface area contributed by atoms with Crippen LogP contribution in [-0.2, 0) is 9.84 Å². The van der Waals surface area contributed by atoms with Gasteiger partial charge in [0.2, 0.25) is 15.3 Å². The summed E-state index contributed by atoms with van der Waals surface area (Å²) in [6.07, 6.45) is 0. The molecule has 0 radical (unpaired) electrons. The average molecular weight is 283 g/mol. The first-order valence-electron chi connectivity index (χ1n) is 3.73. The van der Waals surface area contributed by atoms with E-state index in [0.29, 0.717) is 4.47 Å². The monoisotopic (exact) mass is 282 g/mol. The Balaban J connectivity index is 3.11. The lowest BCUT2D eigenvalue weighted by atomic mass is 10.4. The number of aliphatic hydroxyl groups excluding tert-OH is 1. The molecule has 1 rings (SSSR count). The summed E-state index contributed by atoms with van der Waals surface area (Å²) in [5.74, 6) is 0. The summed E-state index contributed by atoms with van der Waals surface area (Å²) in [6, 6.07) is 5.55. The van der Waals surface area contributed by atoms with Gasteiger partial charge in [0.1, 0.15) is 0 Å². The zero-order valence-corrected chi connectivity index (χ0v) is 9.42. The van der Waals surface area contributed by atoms with E-state index in [0.717, 1.165) is 0 Å². The van der Waals surface area contributed by atoms with E-state index < -0.39 is 21.9 Å². The fourth-order valence-electron chi connectivity index (χ4n) is 0.870. The van der Waals surface area contributed by atoms with Gasteiger partial charge in [-0.3, -0.25) is 0 Å². The molecule has 78 valence electrons. The normalized spacial score (nSPS) is 13.9. The minimum atomic E-state index is -4.04. The second-order valence-electron chi connectivity index (χ2n) is 2.59. The van der Waals surface area contributed by atoms with Crippen molar-refractivity contribution in [3.05, 3.63) is 28.7 Å². The van der Waals surface area contributed by atoms with Crippen molar-refractivity contribution in [3.63, 3.8) is 0 Å². The van der Waals surface area contributed by atoms with Gasteiger partial charge in [0, 0.05) is 4.47 Å². The topological polar surface area (TPSA) is 54.4 Å². The number of rotatable bonds is 3. The molecule has 0 saturated heterocycles. The molecule has 0 fully saturated rings. The van der Waals surface area contributed by atoms with Gasteiger partial charge in [0.15, 0.2) is 0 Å². The third-order valence-corrected chi connectivity index (χ3v) is 3.90. The number of hydrogen-bond acceptors (Lipinski definition) is 3. The van der Waals surface area contributed by atoms with E-state index >= 15 is 0 Å². The Hall–Kier alpha value is -0.460. The van der Waals surface area contributed by atoms with Gasteiger partial charge in [-0.25, -0.2) is 12.8 Å². The second kappa shape index (κ2) is 4.37. The van der Waals surface area contributed by atoms with E-state index in [4.69, 9.17) is 5.11 Å². The lowest BCUT2D eigenvalue weighted by molar-refractivity contribution is 0.226. The van der Waals surface area contributed by atoms with E-state index in [1.807, 2.05) is 0 Å². The first kappa shape index (κ1) is 11.6. The fourth-order valence-corrected chi connectivity index (χ4v) is 2.14. The van der Waals surface area contributed by atoms with Gasteiger partial charge in [-0.1, -0.05) is 15.9 Å². The molecular weight excluding hydrogens is 275 g/mol. The van der Waals surface area contributed by atoms with Crippen LogP contribution >= 0.6 is 15.9 Å². The van der Waals surface area contributed by atoms with Crippen molar-refractivity contribution in [3.8, 4) is 0 Å². The number of benzene rings is 1. The van der Waals surface area contributed by atoms with Crippen LogP contribution < -0.4 is 0 Å². The van der Waals surface area contributed by atoms with Crippen LogP contribution in [0.1, 0.15) is 0 Å². The van der Waals surface area contributed by atoms with E-state index in [2.05, 4.69) is 15.9 Å². The van der Waals surface area contributed by atoms with Crippen molar-refractivity contribution in [1.29, 1.82) is 0 Å². The van der Waals surface area contributed by atoms with Gasteiger partial charge in [0.25, 0.3) is 0 Å². The van der Waals surface area contributed by atoms with Crippen LogP contribution in [0.4, 0.5) is 4.39 Å². The van der Waals surface area contributed by atoms with Crippen molar-refractivity contribution in [1.82, 2.24) is 0 Å². The summed E-state index contributed by atoms with van der Waals surface area (Å²) >= 11 is 3.13. The molecule has 6 heteroatoms. The van der Waals surface area contributed by atoms with Crippen molar-refractivity contribution < 1.29 is 17.9 Å². The van der Waals surface area contributed by atoms with Crippen LogP contribution in [0.15, 0.2) is 33.6 Å². The summed E-state index contributed by atoms with van der Waals surface area (Å²) in [5, 5.41) is 8.42. The summed E-state index contributed by atoms with van der Waals surface area (Å²) in [4.78, 5) is -0.137. The van der Waals surface area contributed by atoms with Crippen molar-refractivity contribution >= 4 is 25.8 Å². The van der Waals surface area contributed by atoms with Crippen LogP contribution in [0.5, 0.6) is 0 Å². The van der Waals surface area contributed by atoms with Gasteiger partial charge in [-0.2, -0.15) is 0 Å². The Kier molecular flexibility index (Phi) is 3.63. The zero-order valence-electron chi connectivity index (χ0n) is 7.02. The molecule has 0 spiro atoms. The third kappa shape index (κ3) is 2.31. The highest BCUT2D eigenvalue weighted by molar-refractivity contribution is 9.10. The zero-order chi connectivity index (χ0) is 10.8. The Morgan fingerprint density at radius 3 is 2.29 bits per heavy atom. The largest absolute Gasteiger partial charge is 0.392 e. The molecule has 1 unspecified atom stereocenters. The maximum absolute atomic E-state index is 12.8. The molecule has 1 aromatic rings. The maximum atomic E-state index is 12.8. The van der Waals surface area contributed by atoms with Crippen molar-refractivity contribution in [2.75, 3.05) is 6.61 Å². The van der Waals surface area contributed by atoms with Gasteiger partial charge in [-0.15, -0.1) is 0 Å². The predicted octanol–water partition coefficient (Wildman–Crippen LogP) is 1.51. The number of halogens is 2. The van der Waals surface area contributed by atoms with E-state index in [1.54, 1.807) is 0 Å². The molecule has 0 aromatic heterocycles. The molecular formula is C8H8BrFO3S. The van der Waals surface area contributed by atoms with Crippen LogP contribution in [0.25, 0.3) is 0 Å². The third-order valence-electron chi connectivity index (χ3n) is 1.62. The molecule has 1 N–H and O–H groups in total. The molecule has 14 heavy (non-hydrogen) atoms. The number of sulfone groups is 1. The van der Waals surface area contributed by atoms with Crippen LogP contribution in [0.2, 0.25) is 0 Å². The first-order chi connectivity index (χ1) is 6.48. The molecule has 1 atom stereocenters. The van der Waals surface area contributed by atoms with Crippen LogP contribution in [0, 0.1) is 0 Å². The molecule has 0 aliphatic heterocycles. The number of alkyl halides is 1. The SMILES string of the molecule is O=S(=O)(c1ccc(Br)cc1)C(F)CO. The molecule has 0 aliphatic carbocycles. The van der Waals surface area contributed by atoms with E-state index in [9.17, 15) is 12.8 Å². The molecule has 0 bridgehead atoms. The number of aliphatic hydroxyl groups is 1. The van der Waals surface area contributed by atoms with Crippen molar-refractivity contribution in [2.45, 2.75) is 10.4 Å². The number of hydrogen-bond donors (Lipinski definition) is 1. The van der Waals surface area contributed by atoms with E-state index in [-0.39, 0.29) is 4.90 Å². The molecule has 0 aliphatic rings. The Morgan fingerprint density at radius 1 is 1.36 bits per heavy atom. The van der Waals surface area contributed by atoms with E-state index in [1.165, 1.54) is 24.3 Å². The van der Waals surface area contributed by atoms with Gasteiger partial charge >= 0.3 is 0 Å². The van der Waals surface area contributed by atoms with Gasteiger partial charge in [-0.05, 0) is 24.3 Å². The Labute approximate surface area is 89.6 Å². The average Bonchev–Trinajstić information content (AvgIpc) is 2.17. The summed E-state index contributed by atoms with van der Waals surface area (Å²) in [7, 11) is -4.04. The molecule has 1 aromatic carbocycles. The highest BCUT2D eigenvalue weighted by Crippen LogP contribution is 2.19. The molecule has 0 amide bonds. The summed E-state index contributed by atoms with van der Waals surface area (Å²) in [5.41, 5.74) is -2.26. The summed E-state index contributed by atoms with van der Waals surface area (Å²) in [6.45, 7) is -1.03. The molecule has 0 heterocycles. The minimum Gasteiger partial charge on any atom is -0.392 e. The predicted molar refractivity (Wildman–Crippen MR) is 53.3 cm³/mol. The lowest BCUT2D eigenvalue weighted by Crippen LogP contribution is -2.20. The van der Waals surface area contributed by atoms with Crippen LogP contribution in [-0.4, -0.2) is 25.6 Å². The molecule has 0 saturated carbocycles. The highest BCUT2D eigenvalue weighted by atomic mass is 79.9. The smallest absolute Gasteiger partial charge is 0.228 e. The fraction of sp³-hybridized carbons (Fsp3) is 0.250. The van der Waals surface area contributed by atoms with Gasteiger partial charge in [0.05, 0.1) is 11.5 Å². The lowest BCUT2D eigenvalue weighted by Gasteiger charge is -2.06. The highest BCUT2D eigenvalue weighted by Gasteiger charge is 2.25. The standard InChI is InChI=1S/C8H8BrFO3S/c9-6-1-3-7(4-2-6)14(12,13)8(10)5-11/h1-4,8,11H,5H2. The molecule has 3 nitrogen and oxygen atoms in total. The quantitative estimate of drug-likeness (QED) is 0.914. The Morgan fingerprint density at radius 2 is 1.86 bits per heavy atom. The van der Waals surface area contributed by atoms with Gasteiger partial charge < -0.3 is 5.11 Å². The minimum absolute atomic E-state index is 0.137. The van der Waals surface area contributed by atoms with Crippen LogP contribution in [0.3, 0.4) is 0 Å². The maximum Gasteiger partial charge on any atom is 0.228 e. The summed E-state index contributed by atoms with van der Waals surface area (Å²) < 4.78 is 36.2.